The third-order valence-electron chi connectivity index (χ3n) is 10.6. The van der Waals surface area contributed by atoms with Gasteiger partial charge < -0.3 is 9.47 Å². The molecule has 9 atom stereocenters. The maximum atomic E-state index is 11.8. The average Bonchev–Trinajstić information content (AvgIpc) is 3.09. The maximum Gasteiger partial charge on any atom is 0.302 e. The monoisotopic (exact) mass is 458 g/mol. The topological polar surface area (TPSA) is 52.6 Å². The van der Waals surface area contributed by atoms with E-state index in [1.165, 1.54) is 39.0 Å². The van der Waals surface area contributed by atoms with Crippen molar-refractivity contribution in [2.24, 2.45) is 40.4 Å². The lowest BCUT2D eigenvalue weighted by Crippen LogP contribution is -2.51. The molecule has 186 valence electrons. The van der Waals surface area contributed by atoms with Gasteiger partial charge in [0.25, 0.3) is 0 Å². The summed E-state index contributed by atoms with van der Waals surface area (Å²) in [5.41, 5.74) is 2.18. The summed E-state index contributed by atoms with van der Waals surface area (Å²) in [5, 5.41) is 0. The number of ether oxygens (including phenoxy) is 2. The number of fused-ring (bicyclic) bond motifs is 5. The standard InChI is InChI=1S/C29H46O4/c1-7-8-27(33-20(4)31)18(2)24-11-12-25-23-10-9-21-17-22(32-19(3)30)13-15-28(21,5)26(23)14-16-29(24,25)6/h9,18,22-27H,7-8,10-17H2,1-6H3/t18-,22-,23-,24+,25-,26-,27-,28-,29+/m0/s1. The van der Waals surface area contributed by atoms with Crippen LogP contribution in [0, 0.1) is 40.4 Å². The molecule has 4 rings (SSSR count). The van der Waals surface area contributed by atoms with Crippen molar-refractivity contribution in [2.45, 2.75) is 118 Å². The summed E-state index contributed by atoms with van der Waals surface area (Å²) in [4.78, 5) is 23.3. The molecule has 0 aliphatic heterocycles. The molecule has 3 fully saturated rings. The third kappa shape index (κ3) is 4.41. The van der Waals surface area contributed by atoms with Crippen LogP contribution in [-0.2, 0) is 19.1 Å². The first kappa shape index (κ1) is 24.8. The number of hydrogen-bond acceptors (Lipinski definition) is 4. The van der Waals surface area contributed by atoms with Gasteiger partial charge in [0.1, 0.15) is 12.2 Å². The zero-order valence-electron chi connectivity index (χ0n) is 21.8. The number of carbonyl (C=O) groups excluding carboxylic acids is 2. The first-order chi connectivity index (χ1) is 15.6. The average molecular weight is 459 g/mol. The molecule has 4 aliphatic rings. The molecule has 0 aromatic rings. The van der Waals surface area contributed by atoms with Crippen LogP contribution in [0.5, 0.6) is 0 Å². The molecule has 0 aromatic heterocycles. The lowest BCUT2D eigenvalue weighted by Gasteiger charge is -2.58. The Labute approximate surface area is 201 Å². The molecular weight excluding hydrogens is 412 g/mol. The van der Waals surface area contributed by atoms with E-state index in [1.807, 2.05) is 0 Å². The first-order valence-electron chi connectivity index (χ1n) is 13.6. The second-order valence-electron chi connectivity index (χ2n) is 12.3. The molecule has 33 heavy (non-hydrogen) atoms. The fourth-order valence-corrected chi connectivity index (χ4v) is 9.05. The molecule has 0 bridgehead atoms. The molecule has 4 aliphatic carbocycles. The Morgan fingerprint density at radius 1 is 1.06 bits per heavy atom. The van der Waals surface area contributed by atoms with Crippen molar-refractivity contribution in [3.05, 3.63) is 11.6 Å². The van der Waals surface area contributed by atoms with Gasteiger partial charge >= 0.3 is 11.9 Å². The van der Waals surface area contributed by atoms with Gasteiger partial charge in [0.05, 0.1) is 0 Å². The van der Waals surface area contributed by atoms with E-state index in [0.29, 0.717) is 17.3 Å². The summed E-state index contributed by atoms with van der Waals surface area (Å²) in [6, 6.07) is 0. The van der Waals surface area contributed by atoms with Crippen LogP contribution in [-0.4, -0.2) is 24.1 Å². The SMILES string of the molecule is CCC[C@H](OC(C)=O)[C@@H](C)[C@H]1CC[C@H]2[C@@H]3CC=C4C[C@@H](OC(C)=O)CC[C@]4(C)[C@H]3CC[C@]12C. The van der Waals surface area contributed by atoms with E-state index < -0.39 is 0 Å². The van der Waals surface area contributed by atoms with E-state index in [1.54, 1.807) is 12.5 Å². The second-order valence-corrected chi connectivity index (χ2v) is 12.3. The van der Waals surface area contributed by atoms with Crippen LogP contribution in [0.25, 0.3) is 0 Å². The van der Waals surface area contributed by atoms with Gasteiger partial charge in [-0.05, 0) is 91.8 Å². The van der Waals surface area contributed by atoms with Crippen molar-refractivity contribution in [3.8, 4) is 0 Å². The highest BCUT2D eigenvalue weighted by atomic mass is 16.5. The zero-order valence-corrected chi connectivity index (χ0v) is 21.8. The van der Waals surface area contributed by atoms with Gasteiger partial charge in [-0.25, -0.2) is 0 Å². The molecule has 0 aromatic carbocycles. The highest BCUT2D eigenvalue weighted by molar-refractivity contribution is 5.66. The Morgan fingerprint density at radius 2 is 1.82 bits per heavy atom. The molecule has 0 saturated heterocycles. The van der Waals surface area contributed by atoms with Gasteiger partial charge in [-0.1, -0.05) is 45.8 Å². The Kier molecular flexibility index (Phi) is 7.05. The number of allylic oxidation sites excluding steroid dienone is 1. The lowest BCUT2D eigenvalue weighted by atomic mass is 9.47. The predicted molar refractivity (Wildman–Crippen MR) is 130 cm³/mol. The van der Waals surface area contributed by atoms with Crippen molar-refractivity contribution in [2.75, 3.05) is 0 Å². The summed E-state index contributed by atoms with van der Waals surface area (Å²) >= 11 is 0. The predicted octanol–water partition coefficient (Wildman–Crippen LogP) is 6.87. The zero-order chi connectivity index (χ0) is 24.0. The number of hydrogen-bond donors (Lipinski definition) is 0. The quantitative estimate of drug-likeness (QED) is 0.322. The largest absolute Gasteiger partial charge is 0.462 e. The first-order valence-corrected chi connectivity index (χ1v) is 13.6. The van der Waals surface area contributed by atoms with E-state index in [-0.39, 0.29) is 29.6 Å². The second kappa shape index (κ2) is 9.38. The molecule has 4 nitrogen and oxygen atoms in total. The summed E-state index contributed by atoms with van der Waals surface area (Å²) in [6.45, 7) is 12.7. The minimum atomic E-state index is -0.146. The smallest absolute Gasteiger partial charge is 0.302 e. The van der Waals surface area contributed by atoms with Crippen LogP contribution in [0.2, 0.25) is 0 Å². The van der Waals surface area contributed by atoms with Crippen LogP contribution in [0.4, 0.5) is 0 Å². The van der Waals surface area contributed by atoms with E-state index in [2.05, 4.69) is 33.8 Å². The van der Waals surface area contributed by atoms with Crippen molar-refractivity contribution in [3.63, 3.8) is 0 Å². The number of rotatable bonds is 6. The van der Waals surface area contributed by atoms with Crippen molar-refractivity contribution < 1.29 is 19.1 Å². The van der Waals surface area contributed by atoms with Gasteiger partial charge in [-0.2, -0.15) is 0 Å². The summed E-state index contributed by atoms with van der Waals surface area (Å²) < 4.78 is 11.4. The minimum absolute atomic E-state index is 0.0534. The van der Waals surface area contributed by atoms with Gasteiger partial charge in [-0.15, -0.1) is 0 Å². The van der Waals surface area contributed by atoms with Gasteiger partial charge in [0.2, 0.25) is 0 Å². The van der Waals surface area contributed by atoms with Crippen molar-refractivity contribution in [1.82, 2.24) is 0 Å². The maximum absolute atomic E-state index is 11.8. The Morgan fingerprint density at radius 3 is 2.48 bits per heavy atom. The molecule has 0 spiro atoms. The fraction of sp³-hybridized carbons (Fsp3) is 0.862. The van der Waals surface area contributed by atoms with E-state index in [9.17, 15) is 9.59 Å². The molecule has 0 N–H and O–H groups in total. The highest BCUT2D eigenvalue weighted by Gasteiger charge is 2.59. The van der Waals surface area contributed by atoms with E-state index in [4.69, 9.17) is 9.47 Å². The van der Waals surface area contributed by atoms with Crippen LogP contribution >= 0.6 is 0 Å². The molecular formula is C29H46O4. The van der Waals surface area contributed by atoms with Crippen molar-refractivity contribution in [1.29, 1.82) is 0 Å². The summed E-state index contributed by atoms with van der Waals surface area (Å²) in [6.07, 6.45) is 14.1. The van der Waals surface area contributed by atoms with Crippen LogP contribution in [0.3, 0.4) is 0 Å². The molecule has 0 heterocycles. The highest BCUT2D eigenvalue weighted by Crippen LogP contribution is 2.67. The van der Waals surface area contributed by atoms with E-state index in [0.717, 1.165) is 49.9 Å². The van der Waals surface area contributed by atoms with E-state index >= 15 is 0 Å². The summed E-state index contributed by atoms with van der Waals surface area (Å²) in [7, 11) is 0. The third-order valence-corrected chi connectivity index (χ3v) is 10.6. The Bertz CT molecular complexity index is 786. The molecule has 0 radical (unpaired) electrons. The summed E-state index contributed by atoms with van der Waals surface area (Å²) in [5.74, 6) is 3.06. The van der Waals surface area contributed by atoms with Crippen LogP contribution < -0.4 is 0 Å². The van der Waals surface area contributed by atoms with Crippen LogP contribution in [0.15, 0.2) is 11.6 Å². The van der Waals surface area contributed by atoms with Crippen molar-refractivity contribution >= 4 is 11.9 Å². The molecule has 3 saturated carbocycles. The fourth-order valence-electron chi connectivity index (χ4n) is 9.05. The molecule has 4 heteroatoms. The van der Waals surface area contributed by atoms with Gasteiger partial charge in [0, 0.05) is 20.3 Å². The minimum Gasteiger partial charge on any atom is -0.462 e. The lowest BCUT2D eigenvalue weighted by molar-refractivity contribution is -0.152. The Balaban J connectivity index is 1.53. The Hall–Kier alpha value is -1.32. The van der Waals surface area contributed by atoms with Gasteiger partial charge in [-0.3, -0.25) is 9.59 Å². The molecule has 0 unspecified atom stereocenters. The number of esters is 2. The van der Waals surface area contributed by atoms with Gasteiger partial charge in [0.15, 0.2) is 0 Å². The normalized spacial score (nSPS) is 41.6. The number of carbonyl (C=O) groups is 2. The molecule has 0 amide bonds. The van der Waals surface area contributed by atoms with Crippen LogP contribution in [0.1, 0.15) is 106 Å².